The summed E-state index contributed by atoms with van der Waals surface area (Å²) >= 11 is 1.74. The largest absolute Gasteiger partial charge is 0.396 e. The first-order valence-electron chi connectivity index (χ1n) is 5.58. The van der Waals surface area contributed by atoms with Gasteiger partial charge in [-0.25, -0.2) is 4.98 Å². The van der Waals surface area contributed by atoms with Crippen molar-refractivity contribution >= 4 is 11.3 Å². The van der Waals surface area contributed by atoms with E-state index in [0.717, 1.165) is 18.8 Å². The predicted octanol–water partition coefficient (Wildman–Crippen LogP) is 1.71. The van der Waals surface area contributed by atoms with Gasteiger partial charge in [-0.3, -0.25) is 0 Å². The summed E-state index contributed by atoms with van der Waals surface area (Å²) in [5.74, 6) is 0.759. The molecular weight excluding hydrogens is 208 g/mol. The van der Waals surface area contributed by atoms with Gasteiger partial charge in [0, 0.05) is 23.8 Å². The molecule has 2 N–H and O–H groups in total. The fraction of sp³-hybridized carbons (Fsp3) is 0.727. The quantitative estimate of drug-likeness (QED) is 0.824. The van der Waals surface area contributed by atoms with E-state index in [0.29, 0.717) is 5.92 Å². The van der Waals surface area contributed by atoms with Gasteiger partial charge in [0.1, 0.15) is 0 Å². The molecule has 0 aromatic carbocycles. The molecule has 1 fully saturated rings. The molecular formula is C11H18N2OS. The minimum atomic E-state index is 0.173. The van der Waals surface area contributed by atoms with Gasteiger partial charge in [0.2, 0.25) is 0 Å². The van der Waals surface area contributed by atoms with E-state index in [9.17, 15) is 0 Å². The highest BCUT2D eigenvalue weighted by Crippen LogP contribution is 2.28. The van der Waals surface area contributed by atoms with Crippen LogP contribution in [0.2, 0.25) is 0 Å². The zero-order valence-electron chi connectivity index (χ0n) is 9.07. The molecule has 0 bridgehead atoms. The SMILES string of the molecule is CC(CO)c1csc(C2CCCNC2)n1. The Morgan fingerprint density at radius 3 is 3.27 bits per heavy atom. The highest BCUT2D eigenvalue weighted by molar-refractivity contribution is 7.09. The van der Waals surface area contributed by atoms with Gasteiger partial charge in [0.05, 0.1) is 17.3 Å². The van der Waals surface area contributed by atoms with Crippen molar-refractivity contribution in [2.24, 2.45) is 0 Å². The van der Waals surface area contributed by atoms with Crippen molar-refractivity contribution in [2.75, 3.05) is 19.7 Å². The Morgan fingerprint density at radius 1 is 1.73 bits per heavy atom. The second-order valence-corrected chi connectivity index (χ2v) is 5.13. The highest BCUT2D eigenvalue weighted by Gasteiger charge is 2.19. The maximum atomic E-state index is 9.06. The molecule has 2 atom stereocenters. The van der Waals surface area contributed by atoms with E-state index in [1.165, 1.54) is 17.8 Å². The Bertz CT molecular complexity index is 307. The Kier molecular flexibility index (Phi) is 3.72. The summed E-state index contributed by atoms with van der Waals surface area (Å²) in [6.07, 6.45) is 2.49. The topological polar surface area (TPSA) is 45.1 Å². The number of thiazole rings is 1. The van der Waals surface area contributed by atoms with E-state index in [2.05, 4.69) is 15.7 Å². The number of hydrogen-bond acceptors (Lipinski definition) is 4. The standard InChI is InChI=1S/C11H18N2OS/c1-8(6-14)10-7-15-11(13-10)9-3-2-4-12-5-9/h7-9,12,14H,2-6H2,1H3. The average Bonchev–Trinajstić information content (AvgIpc) is 2.78. The van der Waals surface area contributed by atoms with Gasteiger partial charge in [-0.05, 0) is 19.4 Å². The third kappa shape index (κ3) is 2.56. The molecule has 84 valence electrons. The van der Waals surface area contributed by atoms with Crippen LogP contribution in [-0.2, 0) is 0 Å². The van der Waals surface area contributed by atoms with E-state index in [4.69, 9.17) is 5.11 Å². The summed E-state index contributed by atoms with van der Waals surface area (Å²) in [5.41, 5.74) is 1.04. The van der Waals surface area contributed by atoms with E-state index in [1.807, 2.05) is 6.92 Å². The predicted molar refractivity (Wildman–Crippen MR) is 62.5 cm³/mol. The summed E-state index contributed by atoms with van der Waals surface area (Å²) in [4.78, 5) is 4.62. The van der Waals surface area contributed by atoms with Gasteiger partial charge in [-0.2, -0.15) is 0 Å². The van der Waals surface area contributed by atoms with Gasteiger partial charge < -0.3 is 10.4 Å². The number of aromatic nitrogens is 1. The summed E-state index contributed by atoms with van der Waals surface area (Å²) in [5, 5.41) is 15.8. The normalized spacial score (nSPS) is 24.0. The minimum absolute atomic E-state index is 0.173. The molecule has 0 amide bonds. The van der Waals surface area contributed by atoms with Crippen molar-refractivity contribution in [3.63, 3.8) is 0 Å². The van der Waals surface area contributed by atoms with Crippen LogP contribution in [0.3, 0.4) is 0 Å². The number of aliphatic hydroxyl groups is 1. The fourth-order valence-corrected chi connectivity index (χ4v) is 2.95. The molecule has 4 heteroatoms. The smallest absolute Gasteiger partial charge is 0.0972 e. The Morgan fingerprint density at radius 2 is 2.60 bits per heavy atom. The minimum Gasteiger partial charge on any atom is -0.396 e. The molecule has 2 unspecified atom stereocenters. The zero-order chi connectivity index (χ0) is 10.7. The molecule has 3 nitrogen and oxygen atoms in total. The van der Waals surface area contributed by atoms with Crippen molar-refractivity contribution in [3.05, 3.63) is 16.1 Å². The molecule has 0 aliphatic carbocycles. The first-order chi connectivity index (χ1) is 7.31. The zero-order valence-corrected chi connectivity index (χ0v) is 9.89. The summed E-state index contributed by atoms with van der Waals surface area (Å²) < 4.78 is 0. The maximum Gasteiger partial charge on any atom is 0.0972 e. The van der Waals surface area contributed by atoms with Crippen LogP contribution in [0, 0.1) is 0 Å². The van der Waals surface area contributed by atoms with Crippen LogP contribution in [0.4, 0.5) is 0 Å². The number of nitrogens with zero attached hydrogens (tertiary/aromatic N) is 1. The number of aliphatic hydroxyl groups excluding tert-OH is 1. The van der Waals surface area contributed by atoms with Crippen molar-refractivity contribution in [1.29, 1.82) is 0 Å². The van der Waals surface area contributed by atoms with Gasteiger partial charge in [-0.15, -0.1) is 11.3 Å². The number of piperidine rings is 1. The van der Waals surface area contributed by atoms with E-state index in [1.54, 1.807) is 11.3 Å². The lowest BCUT2D eigenvalue weighted by Gasteiger charge is -2.20. The van der Waals surface area contributed by atoms with E-state index >= 15 is 0 Å². The molecule has 15 heavy (non-hydrogen) atoms. The van der Waals surface area contributed by atoms with Crippen LogP contribution in [-0.4, -0.2) is 29.8 Å². The third-order valence-corrected chi connectivity index (χ3v) is 3.99. The highest BCUT2D eigenvalue weighted by atomic mass is 32.1. The first kappa shape index (κ1) is 11.0. The van der Waals surface area contributed by atoms with Crippen molar-refractivity contribution < 1.29 is 5.11 Å². The van der Waals surface area contributed by atoms with Crippen LogP contribution in [0.5, 0.6) is 0 Å². The van der Waals surface area contributed by atoms with Crippen LogP contribution in [0.1, 0.15) is 42.3 Å². The summed E-state index contributed by atoms with van der Waals surface area (Å²) in [7, 11) is 0. The van der Waals surface area contributed by atoms with E-state index in [-0.39, 0.29) is 12.5 Å². The molecule has 2 heterocycles. The molecule has 1 aromatic heterocycles. The van der Waals surface area contributed by atoms with Crippen LogP contribution < -0.4 is 5.32 Å². The van der Waals surface area contributed by atoms with Gasteiger partial charge in [-0.1, -0.05) is 6.92 Å². The molecule has 1 saturated heterocycles. The second kappa shape index (κ2) is 5.05. The molecule has 0 radical (unpaired) electrons. The fourth-order valence-electron chi connectivity index (χ4n) is 1.87. The lowest BCUT2D eigenvalue weighted by molar-refractivity contribution is 0.271. The molecule has 1 aromatic rings. The summed E-state index contributed by atoms with van der Waals surface area (Å²) in [6, 6.07) is 0. The van der Waals surface area contributed by atoms with Gasteiger partial charge in [0.25, 0.3) is 0 Å². The van der Waals surface area contributed by atoms with Crippen LogP contribution in [0.15, 0.2) is 5.38 Å². The van der Waals surface area contributed by atoms with Gasteiger partial charge in [0.15, 0.2) is 0 Å². The molecule has 0 saturated carbocycles. The molecule has 0 spiro atoms. The Balaban J connectivity index is 2.05. The van der Waals surface area contributed by atoms with Crippen LogP contribution in [0.25, 0.3) is 0 Å². The molecule has 1 aliphatic heterocycles. The third-order valence-electron chi connectivity index (χ3n) is 2.96. The number of rotatable bonds is 3. The van der Waals surface area contributed by atoms with Crippen molar-refractivity contribution in [1.82, 2.24) is 10.3 Å². The lowest BCUT2D eigenvalue weighted by Crippen LogP contribution is -2.28. The molecule has 1 aliphatic rings. The van der Waals surface area contributed by atoms with Crippen molar-refractivity contribution in [2.45, 2.75) is 31.6 Å². The first-order valence-corrected chi connectivity index (χ1v) is 6.46. The number of hydrogen-bond donors (Lipinski definition) is 2. The average molecular weight is 226 g/mol. The Labute approximate surface area is 94.5 Å². The maximum absolute atomic E-state index is 9.06. The van der Waals surface area contributed by atoms with Crippen molar-refractivity contribution in [3.8, 4) is 0 Å². The lowest BCUT2D eigenvalue weighted by atomic mass is 10.0. The molecule has 2 rings (SSSR count). The monoisotopic (exact) mass is 226 g/mol. The second-order valence-electron chi connectivity index (χ2n) is 4.24. The number of nitrogens with one attached hydrogen (secondary N) is 1. The van der Waals surface area contributed by atoms with Crippen LogP contribution >= 0.6 is 11.3 Å². The summed E-state index contributed by atoms with van der Waals surface area (Å²) in [6.45, 7) is 4.40. The van der Waals surface area contributed by atoms with Gasteiger partial charge >= 0.3 is 0 Å². The van der Waals surface area contributed by atoms with E-state index < -0.39 is 0 Å². The Hall–Kier alpha value is -0.450.